The normalized spacial score (nSPS) is 21.2. The van der Waals surface area contributed by atoms with Crippen molar-refractivity contribution < 1.29 is 0 Å². The van der Waals surface area contributed by atoms with Gasteiger partial charge in [-0.05, 0) is 29.4 Å². The van der Waals surface area contributed by atoms with Gasteiger partial charge in [-0.15, -0.1) is 0 Å². The molecular formula is C15H20N2S. The summed E-state index contributed by atoms with van der Waals surface area (Å²) in [6, 6.07) is 6.89. The van der Waals surface area contributed by atoms with Gasteiger partial charge in [0.05, 0.1) is 10.2 Å². The summed E-state index contributed by atoms with van der Waals surface area (Å²) in [6.07, 6.45) is 0. The largest absolute Gasteiger partial charge is 0.358 e. The number of anilines is 1. The monoisotopic (exact) mass is 260 g/mol. The molecule has 3 rings (SSSR count). The minimum absolute atomic E-state index is 0.347. The molecule has 0 bridgehead atoms. The van der Waals surface area contributed by atoms with Gasteiger partial charge < -0.3 is 5.32 Å². The van der Waals surface area contributed by atoms with Crippen LogP contribution in [-0.4, -0.2) is 11.0 Å². The second-order valence-corrected chi connectivity index (χ2v) is 7.49. The average molecular weight is 260 g/mol. The van der Waals surface area contributed by atoms with Crippen LogP contribution in [0.3, 0.4) is 0 Å². The van der Waals surface area contributed by atoms with Gasteiger partial charge in [0.2, 0.25) is 0 Å². The van der Waals surface area contributed by atoms with E-state index in [1.807, 2.05) is 0 Å². The van der Waals surface area contributed by atoms with Gasteiger partial charge in [-0.1, -0.05) is 51.2 Å². The number of thiazole rings is 1. The van der Waals surface area contributed by atoms with Crippen LogP contribution in [0.25, 0.3) is 10.2 Å². The van der Waals surface area contributed by atoms with E-state index in [9.17, 15) is 0 Å². The van der Waals surface area contributed by atoms with Crippen LogP contribution in [0.1, 0.15) is 33.3 Å². The molecule has 2 aromatic rings. The molecule has 1 N–H and O–H groups in total. The Kier molecular flexibility index (Phi) is 2.31. The van der Waals surface area contributed by atoms with Gasteiger partial charge in [0.15, 0.2) is 5.13 Å². The Balaban J connectivity index is 1.91. The average Bonchev–Trinajstić information content (AvgIpc) is 2.67. The summed E-state index contributed by atoms with van der Waals surface area (Å²) in [5.74, 6) is 0. The van der Waals surface area contributed by atoms with E-state index in [0.29, 0.717) is 16.9 Å². The zero-order chi connectivity index (χ0) is 13.1. The maximum absolute atomic E-state index is 4.73. The zero-order valence-electron chi connectivity index (χ0n) is 11.7. The summed E-state index contributed by atoms with van der Waals surface area (Å²) in [7, 11) is 0. The fourth-order valence-corrected chi connectivity index (χ4v) is 3.80. The van der Waals surface area contributed by atoms with Gasteiger partial charge in [-0.2, -0.15) is 0 Å². The molecule has 1 aromatic heterocycles. The smallest absolute Gasteiger partial charge is 0.184 e. The Hall–Kier alpha value is -1.09. The number of para-hydroxylation sites is 1. The molecule has 18 heavy (non-hydrogen) atoms. The molecule has 0 saturated heterocycles. The summed E-state index contributed by atoms with van der Waals surface area (Å²) < 4.78 is 1.27. The fourth-order valence-electron chi connectivity index (χ4n) is 2.83. The van der Waals surface area contributed by atoms with Crippen LogP contribution in [0, 0.1) is 17.8 Å². The third-order valence-electron chi connectivity index (χ3n) is 4.91. The van der Waals surface area contributed by atoms with Crippen LogP contribution in [0.15, 0.2) is 18.2 Å². The quantitative estimate of drug-likeness (QED) is 0.862. The third-order valence-corrected chi connectivity index (χ3v) is 5.86. The van der Waals surface area contributed by atoms with Crippen molar-refractivity contribution in [3.8, 4) is 0 Å². The molecule has 2 nitrogen and oxygen atoms in total. The Morgan fingerprint density at radius 3 is 2.39 bits per heavy atom. The minimum atomic E-state index is 0.347. The van der Waals surface area contributed by atoms with E-state index in [0.717, 1.165) is 10.6 Å². The Bertz CT molecular complexity index is 596. The standard InChI is InChI=1S/C15H20N2S/c1-9-7-6-8-10-11(9)16-13(18-10)17-12-14(2,3)15(12,4)5/h6-8,12H,1-5H3,(H,16,17). The molecule has 1 aliphatic carbocycles. The van der Waals surface area contributed by atoms with Crippen molar-refractivity contribution in [3.05, 3.63) is 23.8 Å². The summed E-state index contributed by atoms with van der Waals surface area (Å²) in [6.45, 7) is 11.4. The molecule has 0 amide bonds. The lowest BCUT2D eigenvalue weighted by atomic mass is 10.0. The number of rotatable bonds is 2. The van der Waals surface area contributed by atoms with Crippen LogP contribution < -0.4 is 5.32 Å². The van der Waals surface area contributed by atoms with Crippen molar-refractivity contribution in [1.29, 1.82) is 0 Å². The topological polar surface area (TPSA) is 24.9 Å². The molecule has 0 unspecified atom stereocenters. The van der Waals surface area contributed by atoms with Crippen LogP contribution in [-0.2, 0) is 0 Å². The molecule has 0 aliphatic heterocycles. The molecular weight excluding hydrogens is 240 g/mol. The van der Waals surface area contributed by atoms with Gasteiger partial charge in [0.25, 0.3) is 0 Å². The van der Waals surface area contributed by atoms with Crippen LogP contribution in [0.5, 0.6) is 0 Å². The second kappa shape index (κ2) is 3.47. The van der Waals surface area contributed by atoms with Crippen molar-refractivity contribution in [2.24, 2.45) is 10.8 Å². The highest BCUT2D eigenvalue weighted by Gasteiger charge is 2.65. The lowest BCUT2D eigenvalue weighted by molar-refractivity contribution is 0.457. The Morgan fingerprint density at radius 2 is 1.83 bits per heavy atom. The van der Waals surface area contributed by atoms with E-state index in [1.165, 1.54) is 10.3 Å². The molecule has 0 atom stereocenters. The van der Waals surface area contributed by atoms with Crippen molar-refractivity contribution in [2.45, 2.75) is 40.7 Å². The maximum atomic E-state index is 4.73. The molecule has 1 aromatic carbocycles. The van der Waals surface area contributed by atoms with Crippen molar-refractivity contribution >= 4 is 26.7 Å². The number of aryl methyl sites for hydroxylation is 1. The Morgan fingerprint density at radius 1 is 1.17 bits per heavy atom. The van der Waals surface area contributed by atoms with E-state index < -0.39 is 0 Å². The van der Waals surface area contributed by atoms with Crippen LogP contribution in [0.2, 0.25) is 0 Å². The van der Waals surface area contributed by atoms with Crippen molar-refractivity contribution in [2.75, 3.05) is 5.32 Å². The minimum Gasteiger partial charge on any atom is -0.358 e. The number of hydrogen-bond acceptors (Lipinski definition) is 3. The molecule has 0 radical (unpaired) electrons. The first-order chi connectivity index (χ1) is 8.34. The summed E-state index contributed by atoms with van der Waals surface area (Å²) in [4.78, 5) is 4.73. The highest BCUT2D eigenvalue weighted by atomic mass is 32.1. The van der Waals surface area contributed by atoms with E-state index in [-0.39, 0.29) is 0 Å². The second-order valence-electron chi connectivity index (χ2n) is 6.46. The van der Waals surface area contributed by atoms with Crippen molar-refractivity contribution in [3.63, 3.8) is 0 Å². The fraction of sp³-hybridized carbons (Fsp3) is 0.533. The summed E-state index contributed by atoms with van der Waals surface area (Å²) in [5, 5.41) is 4.68. The number of nitrogens with zero attached hydrogens (tertiary/aromatic N) is 1. The molecule has 3 heteroatoms. The Labute approximate surface area is 112 Å². The third kappa shape index (κ3) is 1.50. The predicted molar refractivity (Wildman–Crippen MR) is 79.3 cm³/mol. The molecule has 1 fully saturated rings. The highest BCUT2D eigenvalue weighted by Crippen LogP contribution is 2.63. The van der Waals surface area contributed by atoms with Gasteiger partial charge >= 0.3 is 0 Å². The van der Waals surface area contributed by atoms with E-state index in [1.54, 1.807) is 11.3 Å². The zero-order valence-corrected chi connectivity index (χ0v) is 12.5. The summed E-state index contributed by atoms with van der Waals surface area (Å²) in [5.41, 5.74) is 3.09. The van der Waals surface area contributed by atoms with Gasteiger partial charge in [-0.25, -0.2) is 4.98 Å². The first-order valence-electron chi connectivity index (χ1n) is 6.47. The maximum Gasteiger partial charge on any atom is 0.184 e. The number of hydrogen-bond donors (Lipinski definition) is 1. The first-order valence-corrected chi connectivity index (χ1v) is 7.28. The first kappa shape index (κ1) is 12.0. The number of fused-ring (bicyclic) bond motifs is 1. The molecule has 1 heterocycles. The molecule has 1 saturated carbocycles. The predicted octanol–water partition coefficient (Wildman–Crippen LogP) is 4.45. The van der Waals surface area contributed by atoms with E-state index >= 15 is 0 Å². The van der Waals surface area contributed by atoms with Gasteiger partial charge in [0.1, 0.15) is 0 Å². The van der Waals surface area contributed by atoms with Gasteiger partial charge in [-0.3, -0.25) is 0 Å². The van der Waals surface area contributed by atoms with E-state index in [2.05, 4.69) is 58.1 Å². The number of nitrogens with one attached hydrogen (secondary N) is 1. The van der Waals surface area contributed by atoms with E-state index in [4.69, 9.17) is 4.98 Å². The summed E-state index contributed by atoms with van der Waals surface area (Å²) >= 11 is 1.76. The highest BCUT2D eigenvalue weighted by molar-refractivity contribution is 7.22. The SMILES string of the molecule is Cc1cccc2sc(NC3C(C)(C)C3(C)C)nc12. The molecule has 1 aliphatic rings. The number of benzene rings is 1. The van der Waals surface area contributed by atoms with Crippen LogP contribution >= 0.6 is 11.3 Å². The van der Waals surface area contributed by atoms with Crippen LogP contribution in [0.4, 0.5) is 5.13 Å². The number of aromatic nitrogens is 1. The molecule has 0 spiro atoms. The lowest BCUT2D eigenvalue weighted by Gasteiger charge is -2.02. The lowest BCUT2D eigenvalue weighted by Crippen LogP contribution is -2.09. The van der Waals surface area contributed by atoms with Gasteiger partial charge in [0, 0.05) is 6.04 Å². The van der Waals surface area contributed by atoms with Crippen molar-refractivity contribution in [1.82, 2.24) is 4.98 Å². The molecule has 96 valence electrons.